The van der Waals surface area contributed by atoms with Gasteiger partial charge in [-0.1, -0.05) is 12.1 Å². The second kappa shape index (κ2) is 14.6. The van der Waals surface area contributed by atoms with E-state index in [0.29, 0.717) is 44.3 Å². The molecule has 47 heavy (non-hydrogen) atoms. The molecule has 0 saturated carbocycles. The first kappa shape index (κ1) is 36.1. The molecule has 2 aliphatic heterocycles. The van der Waals surface area contributed by atoms with Gasteiger partial charge in [-0.3, -0.25) is 14.1 Å². The SMILES string of the molecule is N[C@@H](CS(=O)(=O)O)C(=O)NCCC1CCN(c2cc(N3CC[C@H]3C(=O)NCCc3ccc(C(F)(F)F)cc3)nc(C(F)(F)F)n2)CC1. The van der Waals surface area contributed by atoms with Crippen LogP contribution in [0, 0.1) is 5.92 Å². The van der Waals surface area contributed by atoms with Crippen molar-refractivity contribution in [2.24, 2.45) is 11.7 Å². The number of benzene rings is 1. The molecule has 19 heteroatoms. The summed E-state index contributed by atoms with van der Waals surface area (Å²) in [6.07, 6.45) is -7.01. The zero-order valence-corrected chi connectivity index (χ0v) is 25.8. The highest BCUT2D eigenvalue weighted by Gasteiger charge is 2.40. The maximum atomic E-state index is 13.8. The lowest BCUT2D eigenvalue weighted by Gasteiger charge is -2.41. The van der Waals surface area contributed by atoms with Gasteiger partial charge in [0, 0.05) is 38.8 Å². The van der Waals surface area contributed by atoms with E-state index < -0.39 is 63.5 Å². The maximum Gasteiger partial charge on any atom is 0.451 e. The molecule has 2 amide bonds. The number of nitrogens with two attached hydrogens (primary N) is 1. The first-order chi connectivity index (χ1) is 21.9. The standard InChI is InChI=1S/C28H35F6N7O5S/c29-27(30,31)19-3-1-17(2-4-19)5-11-37-25(43)21-9-14-41(21)23-15-22(38-26(39-23)28(32,33)34)40-12-7-18(8-13-40)6-10-36-24(42)20(35)16-47(44,45)46/h1-4,15,18,20-21H,5-14,16,35H2,(H,36,42)(H,37,43)(H,44,45,46)/t20-,21-/m0/s1. The van der Waals surface area contributed by atoms with E-state index in [9.17, 15) is 44.3 Å². The monoisotopic (exact) mass is 695 g/mol. The molecule has 260 valence electrons. The summed E-state index contributed by atoms with van der Waals surface area (Å²) in [6, 6.07) is 3.75. The van der Waals surface area contributed by atoms with E-state index in [2.05, 4.69) is 20.6 Å². The largest absolute Gasteiger partial charge is 0.451 e. The minimum Gasteiger partial charge on any atom is -0.356 e. The Bertz CT molecular complexity index is 1520. The highest BCUT2D eigenvalue weighted by atomic mass is 32.2. The Balaban J connectivity index is 1.32. The molecule has 1 aromatic carbocycles. The van der Waals surface area contributed by atoms with Crippen LogP contribution in [0.1, 0.15) is 42.6 Å². The summed E-state index contributed by atoms with van der Waals surface area (Å²) < 4.78 is 110. The summed E-state index contributed by atoms with van der Waals surface area (Å²) in [5.74, 6) is -3.31. The molecule has 4 rings (SSSR count). The van der Waals surface area contributed by atoms with Gasteiger partial charge < -0.3 is 26.2 Å². The van der Waals surface area contributed by atoms with Crippen molar-refractivity contribution in [2.75, 3.05) is 48.3 Å². The van der Waals surface area contributed by atoms with Gasteiger partial charge >= 0.3 is 12.4 Å². The molecule has 0 radical (unpaired) electrons. The summed E-state index contributed by atoms with van der Waals surface area (Å²) in [4.78, 5) is 35.4. The zero-order chi connectivity index (χ0) is 34.6. The Kier molecular flexibility index (Phi) is 11.2. The molecule has 2 atom stereocenters. The van der Waals surface area contributed by atoms with Crippen LogP contribution in [0.5, 0.6) is 0 Å². The molecule has 2 fully saturated rings. The molecule has 1 aromatic heterocycles. The van der Waals surface area contributed by atoms with Crippen molar-refractivity contribution in [3.05, 3.63) is 47.3 Å². The summed E-state index contributed by atoms with van der Waals surface area (Å²) >= 11 is 0. The number of carbonyl (C=O) groups is 2. The zero-order valence-electron chi connectivity index (χ0n) is 25.0. The second-order valence-corrected chi connectivity index (χ2v) is 13.0. The van der Waals surface area contributed by atoms with Gasteiger partial charge in [0.05, 0.1) is 11.3 Å². The van der Waals surface area contributed by atoms with Crippen LogP contribution in [0.25, 0.3) is 0 Å². The Hall–Kier alpha value is -3.71. The molecular weight excluding hydrogens is 660 g/mol. The third kappa shape index (κ3) is 10.1. The van der Waals surface area contributed by atoms with Crippen molar-refractivity contribution in [1.82, 2.24) is 20.6 Å². The predicted octanol–water partition coefficient (Wildman–Crippen LogP) is 2.39. The van der Waals surface area contributed by atoms with Gasteiger partial charge in [-0.15, -0.1) is 0 Å². The number of piperidine rings is 1. The molecular formula is C28H35F6N7O5S. The minimum atomic E-state index is -4.85. The minimum absolute atomic E-state index is 0.0532. The van der Waals surface area contributed by atoms with E-state index in [1.807, 2.05) is 0 Å². The Morgan fingerprint density at radius 1 is 0.936 bits per heavy atom. The van der Waals surface area contributed by atoms with Crippen LogP contribution in [0.15, 0.2) is 30.3 Å². The average molecular weight is 696 g/mol. The van der Waals surface area contributed by atoms with Crippen molar-refractivity contribution in [3.63, 3.8) is 0 Å². The van der Waals surface area contributed by atoms with Gasteiger partial charge in [-0.05, 0) is 55.7 Å². The van der Waals surface area contributed by atoms with Crippen LogP contribution in [0.3, 0.4) is 0 Å². The van der Waals surface area contributed by atoms with E-state index >= 15 is 0 Å². The molecule has 2 aromatic rings. The van der Waals surface area contributed by atoms with Gasteiger partial charge in [-0.25, -0.2) is 9.97 Å². The van der Waals surface area contributed by atoms with Crippen molar-refractivity contribution in [1.29, 1.82) is 0 Å². The lowest BCUT2D eigenvalue weighted by Crippen LogP contribution is -2.57. The number of amides is 2. The summed E-state index contributed by atoms with van der Waals surface area (Å²) in [6.45, 7) is 1.33. The van der Waals surface area contributed by atoms with Crippen LogP contribution in [-0.4, -0.2) is 85.3 Å². The normalized spacial score (nSPS) is 18.4. The number of aromatic nitrogens is 2. The molecule has 0 spiro atoms. The van der Waals surface area contributed by atoms with E-state index in [4.69, 9.17) is 10.3 Å². The highest BCUT2D eigenvalue weighted by Crippen LogP contribution is 2.34. The average Bonchev–Trinajstić information content (AvgIpc) is 2.95. The first-order valence-corrected chi connectivity index (χ1v) is 16.4. The Morgan fingerprint density at radius 3 is 2.13 bits per heavy atom. The number of nitrogens with one attached hydrogen (secondary N) is 2. The van der Waals surface area contributed by atoms with E-state index in [1.54, 1.807) is 4.90 Å². The molecule has 5 N–H and O–H groups in total. The summed E-state index contributed by atoms with van der Waals surface area (Å²) in [5.41, 5.74) is 5.27. The smallest absolute Gasteiger partial charge is 0.356 e. The summed E-state index contributed by atoms with van der Waals surface area (Å²) in [7, 11) is -4.41. The number of rotatable bonds is 12. The molecule has 0 aliphatic carbocycles. The predicted molar refractivity (Wildman–Crippen MR) is 158 cm³/mol. The second-order valence-electron chi connectivity index (χ2n) is 11.5. The topological polar surface area (TPSA) is 171 Å². The van der Waals surface area contributed by atoms with Crippen LogP contribution in [0.4, 0.5) is 38.0 Å². The lowest BCUT2D eigenvalue weighted by molar-refractivity contribution is -0.144. The fraction of sp³-hybridized carbons (Fsp3) is 0.571. The van der Waals surface area contributed by atoms with Crippen LogP contribution in [-0.2, 0) is 38.5 Å². The van der Waals surface area contributed by atoms with E-state index in [1.165, 1.54) is 23.1 Å². The highest BCUT2D eigenvalue weighted by molar-refractivity contribution is 7.85. The van der Waals surface area contributed by atoms with Crippen LogP contribution >= 0.6 is 0 Å². The van der Waals surface area contributed by atoms with Crippen molar-refractivity contribution >= 4 is 33.6 Å². The lowest BCUT2D eigenvalue weighted by atomic mass is 9.93. The Morgan fingerprint density at radius 2 is 1.57 bits per heavy atom. The molecule has 3 heterocycles. The van der Waals surface area contributed by atoms with Gasteiger partial charge in [0.2, 0.25) is 17.6 Å². The van der Waals surface area contributed by atoms with Gasteiger partial charge in [0.25, 0.3) is 10.1 Å². The first-order valence-electron chi connectivity index (χ1n) is 14.8. The van der Waals surface area contributed by atoms with Crippen LogP contribution < -0.4 is 26.2 Å². The number of hydrogen-bond donors (Lipinski definition) is 4. The van der Waals surface area contributed by atoms with Gasteiger partial charge in [-0.2, -0.15) is 34.8 Å². The molecule has 2 aliphatic rings. The van der Waals surface area contributed by atoms with Crippen molar-refractivity contribution in [2.45, 2.75) is 56.5 Å². The quantitative estimate of drug-likeness (QED) is 0.191. The van der Waals surface area contributed by atoms with Gasteiger partial charge in [0.1, 0.15) is 23.7 Å². The number of carbonyl (C=O) groups excluding carboxylic acids is 2. The fourth-order valence-corrected chi connectivity index (χ4v) is 5.99. The number of hydrogen-bond acceptors (Lipinski definition) is 9. The van der Waals surface area contributed by atoms with Crippen molar-refractivity contribution in [3.8, 4) is 0 Å². The number of anilines is 2. The van der Waals surface area contributed by atoms with Crippen molar-refractivity contribution < 1.29 is 48.9 Å². The summed E-state index contributed by atoms with van der Waals surface area (Å²) in [5, 5.41) is 5.21. The number of alkyl halides is 6. The number of nitrogens with zero attached hydrogens (tertiary/aromatic N) is 4. The fourth-order valence-electron chi connectivity index (χ4n) is 5.38. The van der Waals surface area contributed by atoms with E-state index in [-0.39, 0.29) is 43.6 Å². The molecule has 12 nitrogen and oxygen atoms in total. The molecule has 2 saturated heterocycles. The molecule has 0 bridgehead atoms. The third-order valence-electron chi connectivity index (χ3n) is 8.08. The Labute approximate surface area is 266 Å². The van der Waals surface area contributed by atoms with E-state index in [0.717, 1.165) is 12.1 Å². The number of halogens is 6. The maximum absolute atomic E-state index is 13.8. The third-order valence-corrected chi connectivity index (χ3v) is 8.86. The van der Waals surface area contributed by atoms with Gasteiger partial charge in [0.15, 0.2) is 0 Å². The van der Waals surface area contributed by atoms with Crippen LogP contribution in [0.2, 0.25) is 0 Å². The molecule has 0 unspecified atom stereocenters.